The largest absolute Gasteiger partial charge is 0.479 e. The summed E-state index contributed by atoms with van der Waals surface area (Å²) in [6.07, 6.45) is -3.60. The molecule has 1 rings (SSSR count). The molecule has 0 aromatic rings. The summed E-state index contributed by atoms with van der Waals surface area (Å²) in [5, 5.41) is 17.0. The number of ether oxygens (including phenoxy) is 2. The Morgan fingerprint density at radius 2 is 1.42 bits per heavy atom. The normalized spacial score (nSPS) is 34.9. The van der Waals surface area contributed by atoms with Crippen LogP contribution in [0.2, 0.25) is 0 Å². The minimum atomic E-state index is -1.41. The molecule has 1 aliphatic rings. The Bertz CT molecular complexity index is 190. The van der Waals surface area contributed by atoms with Crippen LogP contribution in [0.25, 0.3) is 0 Å². The summed E-state index contributed by atoms with van der Waals surface area (Å²) in [5.41, 5.74) is 0. The molecule has 0 saturated carbocycles. The molecule has 68 valence electrons. The van der Waals surface area contributed by atoms with Gasteiger partial charge in [-0.1, -0.05) is 0 Å². The minimum absolute atomic E-state index is 0.785. The first-order valence-electron chi connectivity index (χ1n) is 3.29. The van der Waals surface area contributed by atoms with Gasteiger partial charge in [0.15, 0.2) is 18.5 Å². The van der Waals surface area contributed by atoms with Crippen molar-refractivity contribution in [1.82, 2.24) is 0 Å². The third-order valence-electron chi connectivity index (χ3n) is 1.44. The van der Waals surface area contributed by atoms with E-state index in [1.165, 1.54) is 6.92 Å². The summed E-state index contributed by atoms with van der Waals surface area (Å²) in [4.78, 5) is 20.8. The minimum Gasteiger partial charge on any atom is -0.479 e. The highest BCUT2D eigenvalue weighted by molar-refractivity contribution is 5.84. The van der Waals surface area contributed by atoms with Gasteiger partial charge in [-0.05, 0) is 6.92 Å². The zero-order valence-electron chi connectivity index (χ0n) is 6.26. The van der Waals surface area contributed by atoms with Crippen molar-refractivity contribution in [3.63, 3.8) is 0 Å². The Labute approximate surface area is 67.7 Å². The fourth-order valence-corrected chi connectivity index (χ4v) is 0.963. The first-order valence-corrected chi connectivity index (χ1v) is 3.29. The van der Waals surface area contributed by atoms with Gasteiger partial charge in [0, 0.05) is 0 Å². The molecule has 1 aliphatic heterocycles. The van der Waals surface area contributed by atoms with Crippen LogP contribution in [0.5, 0.6) is 0 Å². The summed E-state index contributed by atoms with van der Waals surface area (Å²) in [7, 11) is 0. The summed E-state index contributed by atoms with van der Waals surface area (Å²) in [6, 6.07) is 0. The smallest absolute Gasteiger partial charge is 0.336 e. The Balaban J connectivity index is 2.72. The monoisotopic (exact) mass is 176 g/mol. The fourth-order valence-electron chi connectivity index (χ4n) is 0.963. The number of aliphatic carboxylic acids is 2. The van der Waals surface area contributed by atoms with Gasteiger partial charge in [-0.25, -0.2) is 9.59 Å². The lowest BCUT2D eigenvalue weighted by molar-refractivity contribution is -0.156. The summed E-state index contributed by atoms with van der Waals surface area (Å²) in [6.45, 7) is 1.44. The van der Waals surface area contributed by atoms with Crippen LogP contribution in [0.4, 0.5) is 0 Å². The molecule has 1 saturated heterocycles. The van der Waals surface area contributed by atoms with Gasteiger partial charge in [0.1, 0.15) is 0 Å². The average molecular weight is 176 g/mol. The van der Waals surface area contributed by atoms with Crippen LogP contribution < -0.4 is 0 Å². The van der Waals surface area contributed by atoms with Gasteiger partial charge in [0.25, 0.3) is 0 Å². The zero-order valence-corrected chi connectivity index (χ0v) is 6.26. The molecule has 0 amide bonds. The molecule has 2 N–H and O–H groups in total. The SMILES string of the molecule is CC1OC(C(=O)O)C(C(=O)O)O1. The molecule has 0 aliphatic carbocycles. The van der Waals surface area contributed by atoms with Crippen LogP contribution in [0.3, 0.4) is 0 Å². The molecule has 1 fully saturated rings. The van der Waals surface area contributed by atoms with Crippen LogP contribution in [0.15, 0.2) is 0 Å². The van der Waals surface area contributed by atoms with Crippen LogP contribution in [-0.2, 0) is 19.1 Å². The van der Waals surface area contributed by atoms with Crippen molar-refractivity contribution >= 4 is 11.9 Å². The van der Waals surface area contributed by atoms with Crippen molar-refractivity contribution in [3.05, 3.63) is 0 Å². The highest BCUT2D eigenvalue weighted by Gasteiger charge is 2.43. The van der Waals surface area contributed by atoms with Gasteiger partial charge in [-0.3, -0.25) is 0 Å². The maximum absolute atomic E-state index is 10.4. The van der Waals surface area contributed by atoms with Crippen molar-refractivity contribution in [2.75, 3.05) is 0 Å². The van der Waals surface area contributed by atoms with Crippen LogP contribution in [-0.4, -0.2) is 40.6 Å². The van der Waals surface area contributed by atoms with Crippen LogP contribution in [0, 0.1) is 0 Å². The highest BCUT2D eigenvalue weighted by Crippen LogP contribution is 2.18. The zero-order chi connectivity index (χ0) is 9.30. The van der Waals surface area contributed by atoms with Crippen molar-refractivity contribution in [2.45, 2.75) is 25.4 Å². The van der Waals surface area contributed by atoms with E-state index in [0.29, 0.717) is 0 Å². The lowest BCUT2D eigenvalue weighted by Gasteiger charge is -2.06. The second-order valence-corrected chi connectivity index (χ2v) is 2.36. The van der Waals surface area contributed by atoms with E-state index in [0.717, 1.165) is 0 Å². The number of carbonyl (C=O) groups is 2. The molecule has 2 unspecified atom stereocenters. The lowest BCUT2D eigenvalue weighted by atomic mass is 10.2. The van der Waals surface area contributed by atoms with Crippen molar-refractivity contribution < 1.29 is 29.3 Å². The Kier molecular flexibility index (Phi) is 2.30. The number of carboxylic acid groups (broad SMARTS) is 2. The molecular weight excluding hydrogens is 168 g/mol. The van der Waals surface area contributed by atoms with E-state index >= 15 is 0 Å². The van der Waals surface area contributed by atoms with Crippen molar-refractivity contribution in [2.24, 2.45) is 0 Å². The second-order valence-electron chi connectivity index (χ2n) is 2.36. The molecule has 0 aromatic heterocycles. The van der Waals surface area contributed by atoms with E-state index in [9.17, 15) is 9.59 Å². The van der Waals surface area contributed by atoms with Crippen LogP contribution in [0.1, 0.15) is 6.92 Å². The molecular formula is C6H8O6. The average Bonchev–Trinajstić information content (AvgIpc) is 2.31. The van der Waals surface area contributed by atoms with Gasteiger partial charge < -0.3 is 19.7 Å². The molecule has 0 aromatic carbocycles. The van der Waals surface area contributed by atoms with Gasteiger partial charge in [-0.2, -0.15) is 0 Å². The number of rotatable bonds is 2. The van der Waals surface area contributed by atoms with Crippen LogP contribution >= 0.6 is 0 Å². The predicted octanol–water partition coefficient (Wildman–Crippen LogP) is -0.714. The third kappa shape index (κ3) is 1.54. The summed E-state index contributed by atoms with van der Waals surface area (Å²) < 4.78 is 9.39. The van der Waals surface area contributed by atoms with E-state index in [4.69, 9.17) is 19.7 Å². The molecule has 6 nitrogen and oxygen atoms in total. The third-order valence-corrected chi connectivity index (χ3v) is 1.44. The standard InChI is InChI=1S/C6H8O6/c1-2-11-3(5(7)8)4(12-2)6(9)10/h2-4H,1H3,(H,7,8)(H,9,10). The Morgan fingerprint density at radius 1 is 1.08 bits per heavy atom. The molecule has 0 radical (unpaired) electrons. The molecule has 12 heavy (non-hydrogen) atoms. The maximum Gasteiger partial charge on any atom is 0.336 e. The van der Waals surface area contributed by atoms with E-state index < -0.39 is 30.4 Å². The van der Waals surface area contributed by atoms with E-state index in [1.54, 1.807) is 0 Å². The Morgan fingerprint density at radius 3 is 1.67 bits per heavy atom. The van der Waals surface area contributed by atoms with E-state index in [2.05, 4.69) is 0 Å². The lowest BCUT2D eigenvalue weighted by Crippen LogP contribution is -2.36. The molecule has 2 atom stereocenters. The molecule has 0 spiro atoms. The topological polar surface area (TPSA) is 93.1 Å². The maximum atomic E-state index is 10.4. The van der Waals surface area contributed by atoms with E-state index in [-0.39, 0.29) is 0 Å². The van der Waals surface area contributed by atoms with E-state index in [1.807, 2.05) is 0 Å². The summed E-state index contributed by atoms with van der Waals surface area (Å²) in [5.74, 6) is -2.65. The van der Waals surface area contributed by atoms with Gasteiger partial charge in [0.2, 0.25) is 0 Å². The van der Waals surface area contributed by atoms with Gasteiger partial charge >= 0.3 is 11.9 Å². The molecule has 6 heteroatoms. The summed E-state index contributed by atoms with van der Waals surface area (Å²) >= 11 is 0. The highest BCUT2D eigenvalue weighted by atomic mass is 16.7. The first-order chi connectivity index (χ1) is 5.52. The number of hydrogen-bond acceptors (Lipinski definition) is 4. The van der Waals surface area contributed by atoms with Crippen molar-refractivity contribution in [3.8, 4) is 0 Å². The molecule has 1 heterocycles. The van der Waals surface area contributed by atoms with Crippen molar-refractivity contribution in [1.29, 1.82) is 0 Å². The molecule has 0 bridgehead atoms. The fraction of sp³-hybridized carbons (Fsp3) is 0.667. The first kappa shape index (κ1) is 8.95. The number of hydrogen-bond donors (Lipinski definition) is 2. The number of carboxylic acids is 2. The Hall–Kier alpha value is -1.14. The predicted molar refractivity (Wildman–Crippen MR) is 34.5 cm³/mol. The van der Waals surface area contributed by atoms with Gasteiger partial charge in [-0.15, -0.1) is 0 Å². The quantitative estimate of drug-likeness (QED) is 0.577. The van der Waals surface area contributed by atoms with Gasteiger partial charge in [0.05, 0.1) is 0 Å². The second kappa shape index (κ2) is 3.08.